The predicted octanol–water partition coefficient (Wildman–Crippen LogP) is 2.38. The van der Waals surface area contributed by atoms with Crippen LogP contribution in [0.2, 0.25) is 0 Å². The van der Waals surface area contributed by atoms with Gasteiger partial charge >= 0.3 is 5.97 Å². The fourth-order valence-electron chi connectivity index (χ4n) is 1.09. The highest BCUT2D eigenvalue weighted by molar-refractivity contribution is 5.67. The van der Waals surface area contributed by atoms with Crippen LogP contribution in [0.3, 0.4) is 0 Å². The highest BCUT2D eigenvalue weighted by Gasteiger charge is 1.96. The molecule has 4 nitrogen and oxygen atoms in total. The molecule has 0 unspecified atom stereocenters. The molecule has 0 heterocycles. The van der Waals surface area contributed by atoms with E-state index < -0.39 is 5.97 Å². The van der Waals surface area contributed by atoms with Gasteiger partial charge in [-0.15, -0.1) is 0 Å². The smallest absolute Gasteiger partial charge is 0.333 e. The summed E-state index contributed by atoms with van der Waals surface area (Å²) >= 11 is 0. The van der Waals surface area contributed by atoms with Crippen LogP contribution in [-0.4, -0.2) is 24.3 Å². The maximum Gasteiger partial charge on any atom is 0.333 e. The van der Waals surface area contributed by atoms with E-state index in [1.807, 2.05) is 0 Å². The lowest BCUT2D eigenvalue weighted by Gasteiger charge is -2.01. The van der Waals surface area contributed by atoms with Crippen molar-refractivity contribution in [3.63, 3.8) is 0 Å². The molecule has 0 amide bonds. The molecule has 0 aromatic carbocycles. The van der Waals surface area contributed by atoms with Crippen LogP contribution >= 0.6 is 0 Å². The molecular weight excluding hydrogens is 184 g/mol. The third-order valence-electron chi connectivity index (χ3n) is 1.85. The maximum absolute atomic E-state index is 10.0. The Hall–Kier alpha value is -0.610. The van der Waals surface area contributed by atoms with Crippen LogP contribution in [0.25, 0.3) is 0 Å². The van der Waals surface area contributed by atoms with Gasteiger partial charge in [0.05, 0.1) is 6.61 Å². The van der Waals surface area contributed by atoms with E-state index in [-0.39, 0.29) is 6.61 Å². The zero-order chi connectivity index (χ0) is 10.6. The van der Waals surface area contributed by atoms with Gasteiger partial charge in [0.25, 0.3) is 0 Å². The fraction of sp³-hybridized carbons (Fsp3) is 0.900. The van der Waals surface area contributed by atoms with E-state index in [2.05, 4.69) is 16.7 Å². The molecule has 0 saturated heterocycles. The predicted molar refractivity (Wildman–Crippen MR) is 52.9 cm³/mol. The minimum absolute atomic E-state index is 0.379. The Bertz CT molecular complexity index is 136. The molecule has 4 heteroatoms. The minimum Gasteiger partial charge on any atom is -0.479 e. The van der Waals surface area contributed by atoms with Gasteiger partial charge in [-0.25, -0.2) is 14.6 Å². The van der Waals surface area contributed by atoms with Crippen molar-refractivity contribution in [2.75, 3.05) is 13.2 Å². The largest absolute Gasteiger partial charge is 0.479 e. The summed E-state index contributed by atoms with van der Waals surface area (Å²) in [7, 11) is 0. The van der Waals surface area contributed by atoms with Crippen LogP contribution in [0.1, 0.15) is 45.4 Å². The van der Waals surface area contributed by atoms with Gasteiger partial charge < -0.3 is 5.11 Å². The van der Waals surface area contributed by atoms with Crippen molar-refractivity contribution >= 4 is 5.97 Å². The Balaban J connectivity index is 2.88. The molecule has 0 aromatic heterocycles. The molecule has 14 heavy (non-hydrogen) atoms. The number of rotatable bonds is 10. The van der Waals surface area contributed by atoms with E-state index >= 15 is 0 Å². The molecule has 84 valence electrons. The molecule has 0 fully saturated rings. The number of aliphatic carboxylic acids is 1. The van der Waals surface area contributed by atoms with Gasteiger partial charge in [-0.3, -0.25) is 0 Å². The summed E-state index contributed by atoms with van der Waals surface area (Å²) in [5.74, 6) is -1.01. The summed E-state index contributed by atoms with van der Waals surface area (Å²) in [5, 5.41) is 8.21. The quantitative estimate of drug-likeness (QED) is 0.337. The van der Waals surface area contributed by atoms with E-state index in [1.54, 1.807) is 0 Å². The number of hydrogen-bond donors (Lipinski definition) is 1. The van der Waals surface area contributed by atoms with Crippen LogP contribution in [0.15, 0.2) is 0 Å². The van der Waals surface area contributed by atoms with Gasteiger partial charge in [0.15, 0.2) is 6.61 Å². The third kappa shape index (κ3) is 11.4. The molecule has 0 spiro atoms. The van der Waals surface area contributed by atoms with Gasteiger partial charge in [0.2, 0.25) is 0 Å². The van der Waals surface area contributed by atoms with Crippen molar-refractivity contribution in [1.82, 2.24) is 0 Å². The monoisotopic (exact) mass is 204 g/mol. The second-order valence-electron chi connectivity index (χ2n) is 3.25. The summed E-state index contributed by atoms with van der Waals surface area (Å²) in [4.78, 5) is 19.1. The Kier molecular flexibility index (Phi) is 10.0. The molecule has 0 aromatic rings. The number of carboxylic acids is 1. The zero-order valence-corrected chi connectivity index (χ0v) is 8.83. The molecule has 0 rings (SSSR count). The van der Waals surface area contributed by atoms with Crippen molar-refractivity contribution in [2.24, 2.45) is 0 Å². The highest BCUT2D eigenvalue weighted by atomic mass is 17.2. The second-order valence-corrected chi connectivity index (χ2v) is 3.25. The number of unbranched alkanes of at least 4 members (excludes halogenated alkanes) is 5. The van der Waals surface area contributed by atoms with Gasteiger partial charge in [0.1, 0.15) is 0 Å². The molecule has 0 aliphatic carbocycles. The van der Waals surface area contributed by atoms with Crippen LogP contribution in [0, 0.1) is 0 Å². The summed E-state index contributed by atoms with van der Waals surface area (Å²) in [6.07, 6.45) is 7.08. The summed E-state index contributed by atoms with van der Waals surface area (Å²) in [5.41, 5.74) is 0. The third-order valence-corrected chi connectivity index (χ3v) is 1.85. The van der Waals surface area contributed by atoms with Gasteiger partial charge in [-0.1, -0.05) is 39.0 Å². The van der Waals surface area contributed by atoms with Gasteiger partial charge in [-0.2, -0.15) is 0 Å². The molecule has 1 N–H and O–H groups in total. The number of carbonyl (C=O) groups is 1. The van der Waals surface area contributed by atoms with Crippen LogP contribution in [0.5, 0.6) is 0 Å². The van der Waals surface area contributed by atoms with E-state index in [0.29, 0.717) is 6.61 Å². The fourth-order valence-corrected chi connectivity index (χ4v) is 1.09. The van der Waals surface area contributed by atoms with Gasteiger partial charge in [-0.05, 0) is 6.42 Å². The van der Waals surface area contributed by atoms with E-state index in [0.717, 1.165) is 12.8 Å². The molecule has 0 aliphatic heterocycles. The molecule has 0 saturated carbocycles. The summed E-state index contributed by atoms with van der Waals surface area (Å²) in [6, 6.07) is 0. The maximum atomic E-state index is 10.0. The molecule has 0 radical (unpaired) electrons. The zero-order valence-electron chi connectivity index (χ0n) is 8.83. The standard InChI is InChI=1S/C10H20O4/c1-2-3-4-5-6-7-8-13-14-9-10(11)12/h2-9H2,1H3,(H,11,12). The minimum atomic E-state index is -1.01. The SMILES string of the molecule is CCCCCCCCOOCC(=O)O. The number of carboxylic acid groups (broad SMARTS) is 1. The van der Waals surface area contributed by atoms with E-state index in [1.165, 1.54) is 25.7 Å². The highest BCUT2D eigenvalue weighted by Crippen LogP contribution is 2.04. The number of hydrogen-bond acceptors (Lipinski definition) is 3. The lowest BCUT2D eigenvalue weighted by molar-refractivity contribution is -0.292. The van der Waals surface area contributed by atoms with Crippen molar-refractivity contribution in [1.29, 1.82) is 0 Å². The molecule has 0 aliphatic rings. The Morgan fingerprint density at radius 3 is 2.36 bits per heavy atom. The first-order chi connectivity index (χ1) is 6.77. The molecule has 0 atom stereocenters. The lowest BCUT2D eigenvalue weighted by atomic mass is 10.1. The lowest BCUT2D eigenvalue weighted by Crippen LogP contribution is -2.07. The average molecular weight is 204 g/mol. The van der Waals surface area contributed by atoms with Crippen molar-refractivity contribution < 1.29 is 19.7 Å². The van der Waals surface area contributed by atoms with Crippen LogP contribution in [-0.2, 0) is 14.6 Å². The van der Waals surface area contributed by atoms with Crippen molar-refractivity contribution in [3.05, 3.63) is 0 Å². The molecule has 0 bridgehead atoms. The van der Waals surface area contributed by atoms with E-state index in [4.69, 9.17) is 5.11 Å². The van der Waals surface area contributed by atoms with Crippen LogP contribution in [0.4, 0.5) is 0 Å². The first-order valence-electron chi connectivity index (χ1n) is 5.23. The Labute approximate surface area is 85.1 Å². The Morgan fingerprint density at radius 1 is 1.07 bits per heavy atom. The second kappa shape index (κ2) is 10.5. The van der Waals surface area contributed by atoms with Gasteiger partial charge in [0, 0.05) is 0 Å². The summed E-state index contributed by atoms with van der Waals surface area (Å²) in [6.45, 7) is 2.29. The van der Waals surface area contributed by atoms with Crippen molar-refractivity contribution in [3.8, 4) is 0 Å². The molecular formula is C10H20O4. The first-order valence-corrected chi connectivity index (χ1v) is 5.23. The first kappa shape index (κ1) is 13.4. The topological polar surface area (TPSA) is 55.8 Å². The van der Waals surface area contributed by atoms with Crippen LogP contribution < -0.4 is 0 Å². The van der Waals surface area contributed by atoms with E-state index in [9.17, 15) is 4.79 Å². The summed E-state index contributed by atoms with van der Waals surface area (Å²) < 4.78 is 0. The average Bonchev–Trinajstić information content (AvgIpc) is 2.15. The normalized spacial score (nSPS) is 10.4. The van der Waals surface area contributed by atoms with Crippen molar-refractivity contribution in [2.45, 2.75) is 45.4 Å². The Morgan fingerprint density at radius 2 is 1.71 bits per heavy atom.